The van der Waals surface area contributed by atoms with Crippen molar-refractivity contribution in [1.29, 1.82) is 0 Å². The quantitative estimate of drug-likeness (QED) is 0.480. The molecule has 0 aliphatic rings. The zero-order valence-corrected chi connectivity index (χ0v) is 15.5. The Morgan fingerprint density at radius 1 is 0.913 bits per heavy atom. The van der Waals surface area contributed by atoms with Gasteiger partial charge in [0.1, 0.15) is 17.8 Å². The fourth-order valence-corrected chi connectivity index (χ4v) is 2.43. The van der Waals surface area contributed by atoms with Crippen LogP contribution in [0.4, 0.5) is 28.8 Å². The second kappa shape index (κ2) is 7.09. The molecule has 2 aromatic heterocycles. The van der Waals surface area contributed by atoms with Gasteiger partial charge in [0.05, 0.1) is 0 Å². The van der Waals surface area contributed by atoms with Gasteiger partial charge in [0.25, 0.3) is 0 Å². The third kappa shape index (κ3) is 4.08. The van der Waals surface area contributed by atoms with E-state index in [1.807, 2.05) is 36.4 Å². The van der Waals surface area contributed by atoms with Gasteiger partial charge in [-0.05, 0) is 74.9 Å². The maximum Gasteiger partial charge on any atom is 0.160 e. The molecule has 0 fully saturated rings. The van der Waals surface area contributed by atoms with E-state index in [0.29, 0.717) is 23.1 Å². The van der Waals surface area contributed by atoms with Crippen LogP contribution in [-0.2, 0) is 0 Å². The summed E-state index contributed by atoms with van der Waals surface area (Å²) in [6.45, 7) is 0. The number of aromatic nitrogens is 3. The minimum Gasteiger partial charge on any atom is -0.393 e. The van der Waals surface area contributed by atoms with Crippen molar-refractivity contribution in [3.63, 3.8) is 0 Å². The van der Waals surface area contributed by atoms with Crippen molar-refractivity contribution in [1.82, 2.24) is 15.0 Å². The number of nitrogen functional groups attached to an aromatic ring is 1. The normalized spacial score (nSPS) is 10.3. The number of hydrogen-bond donors (Lipinski definition) is 3. The lowest BCUT2D eigenvalue weighted by atomic mass is 10.3. The number of pyridine rings is 1. The summed E-state index contributed by atoms with van der Waals surface area (Å²) in [5, 5.41) is 6.27. The molecule has 0 atom stereocenters. The van der Waals surface area contributed by atoms with Gasteiger partial charge < -0.3 is 16.4 Å². The van der Waals surface area contributed by atoms with Crippen LogP contribution >= 0.6 is 38.5 Å². The van der Waals surface area contributed by atoms with Crippen molar-refractivity contribution in [2.24, 2.45) is 0 Å². The van der Waals surface area contributed by atoms with E-state index in [1.165, 1.54) is 6.33 Å². The summed E-state index contributed by atoms with van der Waals surface area (Å²) >= 11 is 5.60. The molecular weight excluding hydrogens is 471 g/mol. The fourth-order valence-electron chi connectivity index (χ4n) is 1.84. The summed E-state index contributed by atoms with van der Waals surface area (Å²) in [6, 6.07) is 11.7. The number of rotatable bonds is 4. The molecule has 0 spiro atoms. The molecule has 3 rings (SSSR count). The Bertz CT molecular complexity index is 741. The van der Waals surface area contributed by atoms with Crippen molar-refractivity contribution < 1.29 is 0 Å². The molecule has 116 valence electrons. The summed E-state index contributed by atoms with van der Waals surface area (Å²) in [7, 11) is 0. The van der Waals surface area contributed by atoms with Crippen molar-refractivity contribution >= 4 is 67.3 Å². The molecule has 0 saturated heterocycles. The zero-order chi connectivity index (χ0) is 16.2. The molecule has 2 heterocycles. The number of hydrogen-bond acceptors (Lipinski definition) is 6. The van der Waals surface area contributed by atoms with E-state index < -0.39 is 0 Å². The number of nitrogens with two attached hydrogens (primary N) is 1. The molecule has 3 aromatic rings. The van der Waals surface area contributed by atoms with Crippen LogP contribution < -0.4 is 16.4 Å². The van der Waals surface area contributed by atoms with Gasteiger partial charge in [-0.2, -0.15) is 0 Å². The highest BCUT2D eigenvalue weighted by Crippen LogP contribution is 2.27. The van der Waals surface area contributed by atoms with Crippen molar-refractivity contribution in [3.8, 4) is 0 Å². The van der Waals surface area contributed by atoms with Crippen LogP contribution in [0.1, 0.15) is 0 Å². The zero-order valence-electron chi connectivity index (χ0n) is 11.8. The Balaban J connectivity index is 1.83. The summed E-state index contributed by atoms with van der Waals surface area (Å²) in [5.74, 6) is 1.70. The lowest BCUT2D eigenvalue weighted by Crippen LogP contribution is -2.05. The summed E-state index contributed by atoms with van der Waals surface area (Å²) < 4.78 is 2.06. The maximum atomic E-state index is 6.15. The predicted octanol–water partition coefficient (Wildman–Crippen LogP) is 4.31. The van der Waals surface area contributed by atoms with E-state index >= 15 is 0 Å². The second-order valence-corrected chi connectivity index (χ2v) is 6.76. The van der Waals surface area contributed by atoms with Crippen molar-refractivity contribution in [2.75, 3.05) is 16.4 Å². The molecule has 6 nitrogen and oxygen atoms in total. The molecular formula is C15H12BrIN6. The fraction of sp³-hybridized carbons (Fsp3) is 0. The first kappa shape index (κ1) is 15.9. The summed E-state index contributed by atoms with van der Waals surface area (Å²) in [4.78, 5) is 12.6. The van der Waals surface area contributed by atoms with Gasteiger partial charge in [-0.3, -0.25) is 0 Å². The molecule has 0 aliphatic heterocycles. The van der Waals surface area contributed by atoms with Gasteiger partial charge in [0, 0.05) is 19.9 Å². The largest absolute Gasteiger partial charge is 0.393 e. The molecule has 0 aliphatic carbocycles. The average Bonchev–Trinajstić information content (AvgIpc) is 2.55. The third-order valence-electron chi connectivity index (χ3n) is 2.96. The number of nitrogens with zero attached hydrogens (tertiary/aromatic N) is 3. The average molecular weight is 483 g/mol. The van der Waals surface area contributed by atoms with E-state index in [-0.39, 0.29) is 0 Å². The van der Waals surface area contributed by atoms with Crippen molar-refractivity contribution in [3.05, 3.63) is 57.0 Å². The van der Waals surface area contributed by atoms with Gasteiger partial charge in [-0.15, -0.1) is 0 Å². The van der Waals surface area contributed by atoms with E-state index in [1.54, 1.807) is 6.20 Å². The van der Waals surface area contributed by atoms with Gasteiger partial charge in [0.15, 0.2) is 11.6 Å². The Morgan fingerprint density at radius 3 is 2.26 bits per heavy atom. The second-order valence-electron chi connectivity index (χ2n) is 4.60. The van der Waals surface area contributed by atoms with Crippen LogP contribution in [-0.4, -0.2) is 15.0 Å². The Hall–Kier alpha value is -1.94. The number of halogens is 2. The molecule has 0 saturated carbocycles. The first-order valence-corrected chi connectivity index (χ1v) is 8.50. The van der Waals surface area contributed by atoms with Crippen LogP contribution in [0.15, 0.2) is 53.4 Å². The molecule has 0 unspecified atom stereocenters. The standard InChI is InChI=1S/C15H12BrIN6/c16-9-1-6-12(19-7-9)23-15-13(18)14(20-8-21-15)22-11-4-2-10(17)3-5-11/h1-8H,18H2,(H2,19,20,21,22,23). The molecule has 4 N–H and O–H groups in total. The highest BCUT2D eigenvalue weighted by molar-refractivity contribution is 14.1. The Morgan fingerprint density at radius 2 is 1.61 bits per heavy atom. The number of anilines is 5. The van der Waals surface area contributed by atoms with Crippen LogP contribution in [0, 0.1) is 3.57 Å². The predicted molar refractivity (Wildman–Crippen MR) is 104 cm³/mol. The van der Waals surface area contributed by atoms with Gasteiger partial charge in [-0.25, -0.2) is 15.0 Å². The number of benzene rings is 1. The van der Waals surface area contributed by atoms with Crippen LogP contribution in [0.3, 0.4) is 0 Å². The van der Waals surface area contributed by atoms with Crippen LogP contribution in [0.25, 0.3) is 0 Å². The maximum absolute atomic E-state index is 6.15. The minimum atomic E-state index is 0.427. The van der Waals surface area contributed by atoms with E-state index in [9.17, 15) is 0 Å². The SMILES string of the molecule is Nc1c(Nc2ccc(I)cc2)ncnc1Nc1ccc(Br)cn1. The topological polar surface area (TPSA) is 88.8 Å². The molecule has 8 heteroatoms. The Labute approximate surface area is 155 Å². The molecule has 23 heavy (non-hydrogen) atoms. The van der Waals surface area contributed by atoms with Crippen molar-refractivity contribution in [2.45, 2.75) is 0 Å². The molecule has 0 radical (unpaired) electrons. The monoisotopic (exact) mass is 482 g/mol. The summed E-state index contributed by atoms with van der Waals surface area (Å²) in [6.07, 6.45) is 3.15. The lowest BCUT2D eigenvalue weighted by molar-refractivity contribution is 1.16. The summed E-state index contributed by atoms with van der Waals surface area (Å²) in [5.41, 5.74) is 7.48. The first-order chi connectivity index (χ1) is 11.1. The highest BCUT2D eigenvalue weighted by Gasteiger charge is 2.09. The lowest BCUT2D eigenvalue weighted by Gasteiger charge is -2.12. The van der Waals surface area contributed by atoms with Crippen LogP contribution in [0.2, 0.25) is 0 Å². The highest BCUT2D eigenvalue weighted by atomic mass is 127. The van der Waals surface area contributed by atoms with E-state index in [2.05, 4.69) is 64.1 Å². The smallest absolute Gasteiger partial charge is 0.160 e. The van der Waals surface area contributed by atoms with E-state index in [4.69, 9.17) is 5.73 Å². The molecule has 1 aromatic carbocycles. The van der Waals surface area contributed by atoms with Gasteiger partial charge in [-0.1, -0.05) is 0 Å². The molecule has 0 bridgehead atoms. The molecule has 0 amide bonds. The number of nitrogens with one attached hydrogen (secondary N) is 2. The van der Waals surface area contributed by atoms with Crippen LogP contribution in [0.5, 0.6) is 0 Å². The van der Waals surface area contributed by atoms with E-state index in [0.717, 1.165) is 13.7 Å². The Kier molecular flexibility index (Phi) is 4.91. The minimum absolute atomic E-state index is 0.427. The van der Waals surface area contributed by atoms with Gasteiger partial charge >= 0.3 is 0 Å². The third-order valence-corrected chi connectivity index (χ3v) is 4.15. The first-order valence-electron chi connectivity index (χ1n) is 6.63. The van der Waals surface area contributed by atoms with Gasteiger partial charge in [0.2, 0.25) is 0 Å².